The topological polar surface area (TPSA) is 58.6 Å². The molecule has 0 saturated heterocycles. The van der Waals surface area contributed by atoms with Gasteiger partial charge in [0.2, 0.25) is 5.91 Å². The summed E-state index contributed by atoms with van der Waals surface area (Å²) < 4.78 is 5.16. The van der Waals surface area contributed by atoms with Gasteiger partial charge in [-0.25, -0.2) is 0 Å². The minimum Gasteiger partial charge on any atom is -0.496 e. The number of hydrogen-bond donors (Lipinski definition) is 2. The van der Waals surface area contributed by atoms with Crippen molar-refractivity contribution in [3.05, 3.63) is 29.3 Å². The molecule has 0 aliphatic rings. The second-order valence-electron chi connectivity index (χ2n) is 3.70. The highest BCUT2D eigenvalue weighted by atomic mass is 16.5. The minimum absolute atomic E-state index is 0.161. The molecule has 1 aromatic rings. The molecule has 88 valence electrons. The Kier molecular flexibility index (Phi) is 4.31. The molecule has 0 radical (unpaired) electrons. The van der Waals surface area contributed by atoms with E-state index in [9.17, 15) is 9.90 Å². The molecule has 4 heteroatoms. The fraction of sp³-hybridized carbons (Fsp3) is 0.417. The van der Waals surface area contributed by atoms with Crippen LogP contribution in [0.5, 0.6) is 5.75 Å². The van der Waals surface area contributed by atoms with E-state index in [-0.39, 0.29) is 12.5 Å². The molecule has 1 unspecified atom stereocenters. The van der Waals surface area contributed by atoms with Crippen LogP contribution in [-0.2, 0) is 4.79 Å². The van der Waals surface area contributed by atoms with Gasteiger partial charge in [-0.2, -0.15) is 0 Å². The number of amides is 1. The highest BCUT2D eigenvalue weighted by molar-refractivity contribution is 5.72. The van der Waals surface area contributed by atoms with Crippen LogP contribution in [0.4, 0.5) is 0 Å². The van der Waals surface area contributed by atoms with Crippen LogP contribution in [0.1, 0.15) is 24.2 Å². The number of hydrogen-bond acceptors (Lipinski definition) is 3. The number of aliphatic hydroxyl groups excluding tert-OH is 1. The average Bonchev–Trinajstić information content (AvgIpc) is 2.25. The highest BCUT2D eigenvalue weighted by Crippen LogP contribution is 2.25. The van der Waals surface area contributed by atoms with Gasteiger partial charge in [-0.05, 0) is 19.1 Å². The van der Waals surface area contributed by atoms with Crippen LogP contribution in [0.15, 0.2) is 18.2 Å². The zero-order chi connectivity index (χ0) is 12.1. The Morgan fingerprint density at radius 2 is 2.25 bits per heavy atom. The minimum atomic E-state index is -0.751. The smallest absolute Gasteiger partial charge is 0.216 e. The van der Waals surface area contributed by atoms with E-state index in [1.807, 2.05) is 25.1 Å². The van der Waals surface area contributed by atoms with Crippen molar-refractivity contribution in [2.75, 3.05) is 13.7 Å². The third kappa shape index (κ3) is 3.24. The second-order valence-corrected chi connectivity index (χ2v) is 3.70. The zero-order valence-corrected chi connectivity index (χ0v) is 9.78. The predicted octanol–water partition coefficient (Wildman–Crippen LogP) is 1.17. The SMILES string of the molecule is COc1ccc(C)cc1C(O)CNC(C)=O. The van der Waals surface area contributed by atoms with Crippen LogP contribution in [0.3, 0.4) is 0 Å². The van der Waals surface area contributed by atoms with Crippen LogP contribution in [-0.4, -0.2) is 24.7 Å². The molecule has 0 bridgehead atoms. The molecule has 1 rings (SSSR count). The monoisotopic (exact) mass is 223 g/mol. The van der Waals surface area contributed by atoms with E-state index in [0.717, 1.165) is 5.56 Å². The van der Waals surface area contributed by atoms with Gasteiger partial charge in [0.15, 0.2) is 0 Å². The van der Waals surface area contributed by atoms with Crippen molar-refractivity contribution < 1.29 is 14.6 Å². The molecule has 0 saturated carbocycles. The van der Waals surface area contributed by atoms with E-state index >= 15 is 0 Å². The molecule has 0 aliphatic heterocycles. The second kappa shape index (κ2) is 5.51. The van der Waals surface area contributed by atoms with Crippen molar-refractivity contribution in [2.45, 2.75) is 20.0 Å². The largest absolute Gasteiger partial charge is 0.496 e. The first kappa shape index (κ1) is 12.5. The Morgan fingerprint density at radius 1 is 1.56 bits per heavy atom. The van der Waals surface area contributed by atoms with Gasteiger partial charge < -0.3 is 15.2 Å². The number of carbonyl (C=O) groups is 1. The van der Waals surface area contributed by atoms with Crippen molar-refractivity contribution in [1.82, 2.24) is 5.32 Å². The summed E-state index contributed by atoms with van der Waals surface area (Å²) in [6.45, 7) is 3.55. The Balaban J connectivity index is 2.84. The lowest BCUT2D eigenvalue weighted by atomic mass is 10.1. The molecule has 16 heavy (non-hydrogen) atoms. The number of aryl methyl sites for hydroxylation is 1. The molecule has 4 nitrogen and oxygen atoms in total. The van der Waals surface area contributed by atoms with Gasteiger partial charge in [0.1, 0.15) is 5.75 Å². The van der Waals surface area contributed by atoms with Crippen molar-refractivity contribution in [3.63, 3.8) is 0 Å². The first-order valence-corrected chi connectivity index (χ1v) is 5.11. The Hall–Kier alpha value is -1.55. The summed E-state index contributed by atoms with van der Waals surface area (Å²) in [5.41, 5.74) is 1.73. The maximum Gasteiger partial charge on any atom is 0.216 e. The number of nitrogens with one attached hydrogen (secondary N) is 1. The lowest BCUT2D eigenvalue weighted by molar-refractivity contribution is -0.119. The molecule has 0 aromatic heterocycles. The van der Waals surface area contributed by atoms with E-state index in [1.165, 1.54) is 6.92 Å². The van der Waals surface area contributed by atoms with Crippen molar-refractivity contribution in [2.24, 2.45) is 0 Å². The molecular weight excluding hydrogens is 206 g/mol. The lowest BCUT2D eigenvalue weighted by Crippen LogP contribution is -2.26. The quantitative estimate of drug-likeness (QED) is 0.805. The molecule has 1 amide bonds. The zero-order valence-electron chi connectivity index (χ0n) is 9.78. The van der Waals surface area contributed by atoms with Crippen molar-refractivity contribution in [1.29, 1.82) is 0 Å². The fourth-order valence-electron chi connectivity index (χ4n) is 1.46. The number of benzene rings is 1. The number of ether oxygens (including phenoxy) is 1. The summed E-state index contributed by atoms with van der Waals surface area (Å²) in [6, 6.07) is 5.57. The summed E-state index contributed by atoms with van der Waals surface area (Å²) in [4.78, 5) is 10.7. The predicted molar refractivity (Wildman–Crippen MR) is 61.4 cm³/mol. The molecule has 0 heterocycles. The summed E-state index contributed by atoms with van der Waals surface area (Å²) in [5.74, 6) is 0.467. The summed E-state index contributed by atoms with van der Waals surface area (Å²) >= 11 is 0. The normalized spacial score (nSPS) is 12.0. The van der Waals surface area contributed by atoms with E-state index < -0.39 is 6.10 Å². The lowest BCUT2D eigenvalue weighted by Gasteiger charge is -2.15. The van der Waals surface area contributed by atoms with Gasteiger partial charge in [-0.1, -0.05) is 11.6 Å². The van der Waals surface area contributed by atoms with Gasteiger partial charge in [0.25, 0.3) is 0 Å². The maximum atomic E-state index is 10.7. The molecule has 1 aromatic carbocycles. The summed E-state index contributed by atoms with van der Waals surface area (Å²) in [7, 11) is 1.55. The molecule has 0 aliphatic carbocycles. The van der Waals surface area contributed by atoms with Gasteiger partial charge in [0.05, 0.1) is 13.2 Å². The van der Waals surface area contributed by atoms with Gasteiger partial charge in [0, 0.05) is 19.0 Å². The van der Waals surface area contributed by atoms with Crippen LogP contribution in [0.25, 0.3) is 0 Å². The fourth-order valence-corrected chi connectivity index (χ4v) is 1.46. The number of aliphatic hydroxyl groups is 1. The standard InChI is InChI=1S/C12H17NO3/c1-8-4-5-12(16-3)10(6-8)11(15)7-13-9(2)14/h4-6,11,15H,7H2,1-3H3,(H,13,14). The molecule has 1 atom stereocenters. The Labute approximate surface area is 95.2 Å². The molecule has 0 fully saturated rings. The average molecular weight is 223 g/mol. The first-order valence-electron chi connectivity index (χ1n) is 5.11. The maximum absolute atomic E-state index is 10.7. The summed E-state index contributed by atoms with van der Waals surface area (Å²) in [6.07, 6.45) is -0.751. The number of methoxy groups -OCH3 is 1. The summed E-state index contributed by atoms with van der Waals surface area (Å²) in [5, 5.41) is 12.5. The Bertz CT molecular complexity index is 377. The first-order chi connectivity index (χ1) is 7.54. The van der Waals surface area contributed by atoms with E-state index in [2.05, 4.69) is 5.32 Å². The number of rotatable bonds is 4. The molecule has 2 N–H and O–H groups in total. The van der Waals surface area contributed by atoms with E-state index in [0.29, 0.717) is 11.3 Å². The van der Waals surface area contributed by atoms with Crippen LogP contribution < -0.4 is 10.1 Å². The molecular formula is C12H17NO3. The third-order valence-corrected chi connectivity index (χ3v) is 2.29. The van der Waals surface area contributed by atoms with Crippen molar-refractivity contribution >= 4 is 5.91 Å². The Morgan fingerprint density at radius 3 is 2.81 bits per heavy atom. The van der Waals surface area contributed by atoms with Crippen LogP contribution in [0, 0.1) is 6.92 Å². The van der Waals surface area contributed by atoms with Crippen molar-refractivity contribution in [3.8, 4) is 5.75 Å². The molecule has 0 spiro atoms. The number of carbonyl (C=O) groups excluding carboxylic acids is 1. The highest BCUT2D eigenvalue weighted by Gasteiger charge is 2.13. The third-order valence-electron chi connectivity index (χ3n) is 2.29. The van der Waals surface area contributed by atoms with Crippen LogP contribution >= 0.6 is 0 Å². The van der Waals surface area contributed by atoms with Gasteiger partial charge in [-0.3, -0.25) is 4.79 Å². The van der Waals surface area contributed by atoms with Gasteiger partial charge in [-0.15, -0.1) is 0 Å². The van der Waals surface area contributed by atoms with E-state index in [1.54, 1.807) is 7.11 Å². The van der Waals surface area contributed by atoms with Gasteiger partial charge >= 0.3 is 0 Å². The van der Waals surface area contributed by atoms with Crippen LogP contribution in [0.2, 0.25) is 0 Å². The van der Waals surface area contributed by atoms with E-state index in [4.69, 9.17) is 4.74 Å².